The molecule has 9 heteroatoms. The molecule has 172 valence electrons. The lowest BCUT2D eigenvalue weighted by Gasteiger charge is -2.19. The van der Waals surface area contributed by atoms with Crippen LogP contribution in [0.3, 0.4) is 0 Å². The second kappa shape index (κ2) is 8.96. The van der Waals surface area contributed by atoms with Crippen molar-refractivity contribution in [3.8, 4) is 11.4 Å². The van der Waals surface area contributed by atoms with E-state index >= 15 is 0 Å². The van der Waals surface area contributed by atoms with Crippen LogP contribution in [0.2, 0.25) is 5.02 Å². The van der Waals surface area contributed by atoms with Crippen LogP contribution in [-0.2, 0) is 7.05 Å². The molecule has 0 radical (unpaired) electrons. The molecule has 7 nitrogen and oxygen atoms in total. The Morgan fingerprint density at radius 2 is 2.00 bits per heavy atom. The van der Waals surface area contributed by atoms with Crippen molar-refractivity contribution < 1.29 is 9.53 Å². The van der Waals surface area contributed by atoms with E-state index in [1.807, 2.05) is 79.3 Å². The van der Waals surface area contributed by atoms with Crippen molar-refractivity contribution in [2.45, 2.75) is 13.0 Å². The van der Waals surface area contributed by atoms with Crippen LogP contribution in [0, 0.1) is 6.92 Å². The molecule has 0 saturated carbocycles. The number of nitrogens with zero attached hydrogens (tertiary/aromatic N) is 4. The predicted octanol–water partition coefficient (Wildman–Crippen LogP) is 5.31. The fourth-order valence-electron chi connectivity index (χ4n) is 3.92. The van der Waals surface area contributed by atoms with Crippen LogP contribution in [0.4, 0.5) is 0 Å². The summed E-state index contributed by atoms with van der Waals surface area (Å²) in [5.41, 5.74) is 2.48. The van der Waals surface area contributed by atoms with Gasteiger partial charge in [-0.3, -0.25) is 4.79 Å². The molecule has 1 amide bonds. The number of carbonyl (C=O) groups is 1. The standard InChI is InChI=1S/C25H22ClN5O2S/c1-15-18-14-21(34-25(18)31(29-15)20-10-5-4-9-19(20)26)24(32)28-22(23-27-11-12-30(23)2)16-7-6-8-17(13-16)33-3/h4-14,22H,1-3H3,(H,28,32). The number of hydrogen-bond acceptors (Lipinski definition) is 5. The SMILES string of the molecule is COc1cccc(C(NC(=O)c2cc3c(C)nn(-c4ccccc4Cl)c3s2)c2nccn2C)c1. The molecule has 1 atom stereocenters. The summed E-state index contributed by atoms with van der Waals surface area (Å²) in [6, 6.07) is 16.6. The van der Waals surface area contributed by atoms with Crippen molar-refractivity contribution in [2.75, 3.05) is 7.11 Å². The van der Waals surface area contributed by atoms with Gasteiger partial charge < -0.3 is 14.6 Å². The Labute approximate surface area is 205 Å². The highest BCUT2D eigenvalue weighted by atomic mass is 35.5. The first-order valence-electron chi connectivity index (χ1n) is 10.6. The molecule has 5 rings (SSSR count). The molecule has 0 bridgehead atoms. The third kappa shape index (κ3) is 3.95. The second-order valence-corrected chi connectivity index (χ2v) is 9.30. The van der Waals surface area contributed by atoms with Gasteiger partial charge in [0, 0.05) is 24.8 Å². The number of carbonyl (C=O) groups excluding carboxylic acids is 1. The maximum absolute atomic E-state index is 13.5. The van der Waals surface area contributed by atoms with Gasteiger partial charge in [0.05, 0.1) is 28.4 Å². The van der Waals surface area contributed by atoms with Gasteiger partial charge in [-0.25, -0.2) is 9.67 Å². The van der Waals surface area contributed by atoms with Crippen LogP contribution >= 0.6 is 22.9 Å². The zero-order valence-electron chi connectivity index (χ0n) is 18.8. The summed E-state index contributed by atoms with van der Waals surface area (Å²) in [6.45, 7) is 1.93. The smallest absolute Gasteiger partial charge is 0.262 e. The van der Waals surface area contributed by atoms with E-state index in [1.54, 1.807) is 18.0 Å². The Kier molecular flexibility index (Phi) is 5.85. The predicted molar refractivity (Wildman–Crippen MR) is 134 cm³/mol. The van der Waals surface area contributed by atoms with E-state index < -0.39 is 6.04 Å². The highest BCUT2D eigenvalue weighted by molar-refractivity contribution is 7.20. The first kappa shape index (κ1) is 22.2. The van der Waals surface area contributed by atoms with Crippen LogP contribution in [0.15, 0.2) is 67.0 Å². The number of thiophene rings is 1. The number of methoxy groups -OCH3 is 1. The van der Waals surface area contributed by atoms with Gasteiger partial charge in [-0.1, -0.05) is 35.9 Å². The Morgan fingerprint density at radius 1 is 1.18 bits per heavy atom. The molecule has 0 saturated heterocycles. The van der Waals surface area contributed by atoms with E-state index in [2.05, 4.69) is 15.4 Å². The number of halogens is 1. The van der Waals surface area contributed by atoms with Crippen LogP contribution in [0.5, 0.6) is 5.75 Å². The topological polar surface area (TPSA) is 74.0 Å². The van der Waals surface area contributed by atoms with Gasteiger partial charge in [0.25, 0.3) is 5.91 Å². The summed E-state index contributed by atoms with van der Waals surface area (Å²) >= 11 is 7.80. The number of aryl methyl sites for hydroxylation is 2. The van der Waals surface area contributed by atoms with Gasteiger partial charge in [-0.15, -0.1) is 11.3 Å². The van der Waals surface area contributed by atoms with Gasteiger partial charge in [-0.2, -0.15) is 5.10 Å². The summed E-state index contributed by atoms with van der Waals surface area (Å²) in [5, 5.41) is 9.32. The molecule has 0 aliphatic rings. The third-order valence-corrected chi connectivity index (χ3v) is 7.10. The quantitative estimate of drug-likeness (QED) is 0.349. The normalized spacial score (nSPS) is 12.1. The molecular weight excluding hydrogens is 470 g/mol. The number of imidazole rings is 1. The maximum atomic E-state index is 13.5. The Hall–Kier alpha value is -3.62. The van der Waals surface area contributed by atoms with Gasteiger partial charge in [0.2, 0.25) is 0 Å². The lowest BCUT2D eigenvalue weighted by molar-refractivity contribution is 0.0945. The number of nitrogens with one attached hydrogen (secondary N) is 1. The minimum atomic E-state index is -0.450. The van der Waals surface area contributed by atoms with E-state index in [-0.39, 0.29) is 5.91 Å². The van der Waals surface area contributed by atoms with Gasteiger partial charge in [0.15, 0.2) is 0 Å². The van der Waals surface area contributed by atoms with Gasteiger partial charge >= 0.3 is 0 Å². The van der Waals surface area contributed by atoms with Crippen LogP contribution in [0.1, 0.15) is 32.8 Å². The lowest BCUT2D eigenvalue weighted by atomic mass is 10.1. The number of ether oxygens (including phenoxy) is 1. The monoisotopic (exact) mass is 491 g/mol. The molecule has 2 aromatic carbocycles. The number of hydrogen-bond donors (Lipinski definition) is 1. The van der Waals surface area contributed by atoms with E-state index in [0.29, 0.717) is 15.6 Å². The van der Waals surface area contributed by atoms with Crippen molar-refractivity contribution in [3.05, 3.63) is 94.0 Å². The highest BCUT2D eigenvalue weighted by Crippen LogP contribution is 2.33. The van der Waals surface area contributed by atoms with Crippen molar-refractivity contribution in [2.24, 2.45) is 7.05 Å². The Morgan fingerprint density at radius 3 is 2.74 bits per heavy atom. The molecule has 34 heavy (non-hydrogen) atoms. The molecule has 5 aromatic rings. The average molecular weight is 492 g/mol. The van der Waals surface area contributed by atoms with Crippen molar-refractivity contribution in [1.82, 2.24) is 24.6 Å². The third-order valence-electron chi connectivity index (χ3n) is 5.67. The number of aromatic nitrogens is 4. The van der Waals surface area contributed by atoms with Crippen molar-refractivity contribution in [1.29, 1.82) is 0 Å². The zero-order chi connectivity index (χ0) is 23.8. The lowest BCUT2D eigenvalue weighted by Crippen LogP contribution is -2.30. The number of benzene rings is 2. The summed E-state index contributed by atoms with van der Waals surface area (Å²) in [7, 11) is 3.53. The molecule has 0 fully saturated rings. The molecule has 0 aliphatic carbocycles. The van der Waals surface area contributed by atoms with E-state index in [9.17, 15) is 4.79 Å². The van der Waals surface area contributed by atoms with E-state index in [0.717, 1.165) is 33.0 Å². The Bertz CT molecular complexity index is 1500. The van der Waals surface area contributed by atoms with Crippen molar-refractivity contribution in [3.63, 3.8) is 0 Å². The number of fused-ring (bicyclic) bond motifs is 1. The fraction of sp³-hybridized carbons (Fsp3) is 0.160. The summed E-state index contributed by atoms with van der Waals surface area (Å²) in [5.74, 6) is 1.24. The fourth-order valence-corrected chi connectivity index (χ4v) is 5.22. The molecular formula is C25H22ClN5O2S. The summed E-state index contributed by atoms with van der Waals surface area (Å²) < 4.78 is 9.09. The Balaban J connectivity index is 1.53. The first-order valence-corrected chi connectivity index (χ1v) is 11.8. The number of rotatable bonds is 6. The molecule has 0 spiro atoms. The number of para-hydroxylation sites is 1. The van der Waals surface area contributed by atoms with Crippen LogP contribution in [-0.4, -0.2) is 32.3 Å². The highest BCUT2D eigenvalue weighted by Gasteiger charge is 2.24. The first-order chi connectivity index (χ1) is 16.5. The van der Waals surface area contributed by atoms with Gasteiger partial charge in [0.1, 0.15) is 22.4 Å². The average Bonchev–Trinajstić information content (AvgIpc) is 3.54. The number of amides is 1. The summed E-state index contributed by atoms with van der Waals surface area (Å²) in [4.78, 5) is 19.4. The van der Waals surface area contributed by atoms with Crippen molar-refractivity contribution >= 4 is 39.1 Å². The molecule has 0 aliphatic heterocycles. The maximum Gasteiger partial charge on any atom is 0.262 e. The van der Waals surface area contributed by atoms with Crippen LogP contribution < -0.4 is 10.1 Å². The molecule has 3 heterocycles. The zero-order valence-corrected chi connectivity index (χ0v) is 20.4. The second-order valence-electron chi connectivity index (χ2n) is 7.86. The van der Waals surface area contributed by atoms with Gasteiger partial charge in [-0.05, 0) is 42.8 Å². The van der Waals surface area contributed by atoms with Crippen LogP contribution in [0.25, 0.3) is 15.9 Å². The minimum absolute atomic E-state index is 0.192. The molecule has 1 unspecified atom stereocenters. The molecule has 3 aromatic heterocycles. The van der Waals surface area contributed by atoms with E-state index in [1.165, 1.54) is 11.3 Å². The van der Waals surface area contributed by atoms with E-state index in [4.69, 9.17) is 16.3 Å². The molecule has 1 N–H and O–H groups in total. The largest absolute Gasteiger partial charge is 0.497 e. The summed E-state index contributed by atoms with van der Waals surface area (Å²) in [6.07, 6.45) is 3.57. The minimum Gasteiger partial charge on any atom is -0.497 e.